The van der Waals surface area contributed by atoms with Gasteiger partial charge in [0.25, 0.3) is 0 Å². The molecule has 1 aromatic rings. The van der Waals surface area contributed by atoms with Gasteiger partial charge in [0.05, 0.1) is 11.4 Å². The maximum absolute atomic E-state index is 12.7. The van der Waals surface area contributed by atoms with E-state index in [0.29, 0.717) is 18.8 Å². The first kappa shape index (κ1) is 17.9. The summed E-state index contributed by atoms with van der Waals surface area (Å²) in [5.41, 5.74) is 0.485. The molecule has 128 valence electrons. The largest absolute Gasteiger partial charge is 0.325 e. The fourth-order valence-corrected chi connectivity index (χ4v) is 4.00. The highest BCUT2D eigenvalue weighted by atomic mass is 32.2. The summed E-state index contributed by atoms with van der Waals surface area (Å²) in [4.78, 5) is 14.0. The third-order valence-corrected chi connectivity index (χ3v) is 5.77. The van der Waals surface area contributed by atoms with Gasteiger partial charge < -0.3 is 15.5 Å². The van der Waals surface area contributed by atoms with Crippen LogP contribution in [-0.4, -0.2) is 69.8 Å². The Labute approximate surface area is 137 Å². The number of carbonyl (C=O) groups is 1. The lowest BCUT2D eigenvalue weighted by Gasteiger charge is -2.33. The van der Waals surface area contributed by atoms with Crippen molar-refractivity contribution in [1.82, 2.24) is 14.5 Å². The Hall–Kier alpha value is -1.48. The highest BCUT2D eigenvalue weighted by molar-refractivity contribution is 7.89. The first-order chi connectivity index (χ1) is 11.0. The number of likely N-dealkylation sites (N-methyl/N-ethyl adjacent to an activating group) is 2. The molecule has 1 saturated heterocycles. The number of benzene rings is 1. The molecule has 1 aliphatic rings. The van der Waals surface area contributed by atoms with Crippen molar-refractivity contribution in [3.05, 3.63) is 24.3 Å². The minimum Gasteiger partial charge on any atom is -0.325 e. The molecule has 2 rings (SSSR count). The molecule has 0 aromatic heterocycles. The van der Waals surface area contributed by atoms with Crippen molar-refractivity contribution in [2.75, 3.05) is 51.6 Å². The summed E-state index contributed by atoms with van der Waals surface area (Å²) in [5, 5.41) is 5.43. The Bertz CT molecular complexity index is 640. The highest BCUT2D eigenvalue weighted by Gasteiger charge is 2.28. The second-order valence-electron chi connectivity index (χ2n) is 5.44. The van der Waals surface area contributed by atoms with Gasteiger partial charge in [0.1, 0.15) is 0 Å². The van der Waals surface area contributed by atoms with Gasteiger partial charge in [-0.25, -0.2) is 8.42 Å². The van der Waals surface area contributed by atoms with Crippen molar-refractivity contribution in [3.8, 4) is 0 Å². The molecule has 1 heterocycles. The lowest BCUT2D eigenvalue weighted by atomic mass is 10.3. The molecule has 0 atom stereocenters. The molecule has 0 aliphatic carbocycles. The van der Waals surface area contributed by atoms with Crippen LogP contribution in [0.25, 0.3) is 0 Å². The van der Waals surface area contributed by atoms with Crippen molar-refractivity contribution in [3.63, 3.8) is 0 Å². The Kier molecular flexibility index (Phi) is 6.11. The van der Waals surface area contributed by atoms with Gasteiger partial charge in [-0.2, -0.15) is 4.31 Å². The molecule has 0 unspecified atom stereocenters. The summed E-state index contributed by atoms with van der Waals surface area (Å²) in [6.45, 7) is 5.65. The zero-order valence-corrected chi connectivity index (χ0v) is 14.4. The zero-order chi connectivity index (χ0) is 16.9. The van der Waals surface area contributed by atoms with Crippen LogP contribution in [0.3, 0.4) is 0 Å². The Morgan fingerprint density at radius 1 is 1.22 bits per heavy atom. The molecular formula is C15H24N4O3S. The van der Waals surface area contributed by atoms with Crippen molar-refractivity contribution >= 4 is 21.6 Å². The monoisotopic (exact) mass is 340 g/mol. The quantitative estimate of drug-likeness (QED) is 0.772. The second kappa shape index (κ2) is 7.87. The smallest absolute Gasteiger partial charge is 0.243 e. The number of hydrogen-bond donors (Lipinski definition) is 2. The fraction of sp³-hybridized carbons (Fsp3) is 0.533. The molecule has 1 aromatic carbocycles. The van der Waals surface area contributed by atoms with E-state index in [1.54, 1.807) is 25.2 Å². The predicted octanol–water partition coefficient (Wildman–Crippen LogP) is 0.171. The van der Waals surface area contributed by atoms with E-state index in [1.807, 2.05) is 0 Å². The number of rotatable bonds is 6. The van der Waals surface area contributed by atoms with E-state index < -0.39 is 10.0 Å². The molecule has 0 spiro atoms. The van der Waals surface area contributed by atoms with Crippen LogP contribution in [0.2, 0.25) is 0 Å². The third kappa shape index (κ3) is 4.51. The lowest BCUT2D eigenvalue weighted by molar-refractivity contribution is -0.115. The average Bonchev–Trinajstić information content (AvgIpc) is 2.55. The summed E-state index contributed by atoms with van der Waals surface area (Å²) in [6, 6.07) is 6.40. The number of nitrogens with one attached hydrogen (secondary N) is 2. The molecular weight excluding hydrogens is 316 g/mol. The summed E-state index contributed by atoms with van der Waals surface area (Å²) in [7, 11) is -1.85. The summed E-state index contributed by atoms with van der Waals surface area (Å²) < 4.78 is 27.0. The van der Waals surface area contributed by atoms with Gasteiger partial charge in [0.2, 0.25) is 15.9 Å². The van der Waals surface area contributed by atoms with Crippen LogP contribution in [0.5, 0.6) is 0 Å². The molecule has 1 amide bonds. The van der Waals surface area contributed by atoms with Gasteiger partial charge in [0, 0.05) is 31.9 Å². The molecule has 8 heteroatoms. The lowest BCUT2D eigenvalue weighted by Crippen LogP contribution is -2.48. The van der Waals surface area contributed by atoms with Crippen LogP contribution >= 0.6 is 0 Å². The van der Waals surface area contributed by atoms with E-state index in [4.69, 9.17) is 0 Å². The fourth-order valence-electron chi connectivity index (χ4n) is 2.54. The van der Waals surface area contributed by atoms with Gasteiger partial charge in [-0.05, 0) is 31.8 Å². The number of carbonyl (C=O) groups excluding carboxylic acids is 1. The van der Waals surface area contributed by atoms with E-state index in [1.165, 1.54) is 10.4 Å². The van der Waals surface area contributed by atoms with Crippen LogP contribution in [0.15, 0.2) is 29.2 Å². The summed E-state index contributed by atoms with van der Waals surface area (Å²) >= 11 is 0. The molecule has 0 bridgehead atoms. The zero-order valence-electron chi connectivity index (χ0n) is 13.6. The van der Waals surface area contributed by atoms with E-state index in [2.05, 4.69) is 22.5 Å². The van der Waals surface area contributed by atoms with Crippen molar-refractivity contribution < 1.29 is 13.2 Å². The number of hydrogen-bond acceptors (Lipinski definition) is 5. The first-order valence-electron chi connectivity index (χ1n) is 7.74. The highest BCUT2D eigenvalue weighted by Crippen LogP contribution is 2.20. The third-order valence-electron chi connectivity index (χ3n) is 3.87. The van der Waals surface area contributed by atoms with Crippen molar-refractivity contribution in [1.29, 1.82) is 0 Å². The number of anilines is 1. The molecule has 0 saturated carbocycles. The minimum absolute atomic E-state index is 0.177. The molecule has 1 fully saturated rings. The maximum atomic E-state index is 12.7. The predicted molar refractivity (Wildman–Crippen MR) is 89.9 cm³/mol. The normalized spacial score (nSPS) is 17.1. The van der Waals surface area contributed by atoms with Gasteiger partial charge in [0.15, 0.2) is 0 Å². The van der Waals surface area contributed by atoms with Gasteiger partial charge >= 0.3 is 0 Å². The first-order valence-corrected chi connectivity index (χ1v) is 9.18. The van der Waals surface area contributed by atoms with Crippen LogP contribution in [-0.2, 0) is 14.8 Å². The van der Waals surface area contributed by atoms with E-state index in [0.717, 1.165) is 19.6 Å². The van der Waals surface area contributed by atoms with Crippen LogP contribution in [0.1, 0.15) is 6.92 Å². The maximum Gasteiger partial charge on any atom is 0.243 e. The molecule has 1 aliphatic heterocycles. The van der Waals surface area contributed by atoms with Gasteiger partial charge in [-0.3, -0.25) is 4.79 Å². The second-order valence-corrected chi connectivity index (χ2v) is 7.38. The molecule has 23 heavy (non-hydrogen) atoms. The Balaban J connectivity index is 2.12. The summed E-state index contributed by atoms with van der Waals surface area (Å²) in [5.74, 6) is -0.210. The van der Waals surface area contributed by atoms with Crippen molar-refractivity contribution in [2.45, 2.75) is 11.8 Å². The SMILES string of the molecule is CCN1CCN(S(=O)(=O)c2cccc(NC(=O)CNC)c2)CC1. The topological polar surface area (TPSA) is 81.8 Å². The number of nitrogens with zero attached hydrogens (tertiary/aromatic N) is 2. The van der Waals surface area contributed by atoms with E-state index in [9.17, 15) is 13.2 Å². The van der Waals surface area contributed by atoms with E-state index in [-0.39, 0.29) is 17.3 Å². The standard InChI is InChI=1S/C15H24N4O3S/c1-3-18-7-9-19(10-8-18)23(21,22)14-6-4-5-13(11-14)17-15(20)12-16-2/h4-6,11,16H,3,7-10,12H2,1-2H3,(H,17,20). The number of sulfonamides is 1. The van der Waals surface area contributed by atoms with Gasteiger partial charge in [-0.15, -0.1) is 0 Å². The van der Waals surface area contributed by atoms with Crippen LogP contribution in [0.4, 0.5) is 5.69 Å². The molecule has 7 nitrogen and oxygen atoms in total. The minimum atomic E-state index is -3.52. The van der Waals surface area contributed by atoms with Crippen molar-refractivity contribution in [2.24, 2.45) is 0 Å². The molecule has 0 radical (unpaired) electrons. The Morgan fingerprint density at radius 3 is 2.52 bits per heavy atom. The van der Waals surface area contributed by atoms with Gasteiger partial charge in [-0.1, -0.05) is 13.0 Å². The van der Waals surface area contributed by atoms with E-state index >= 15 is 0 Å². The number of piperazine rings is 1. The average molecular weight is 340 g/mol. The Morgan fingerprint density at radius 2 is 1.91 bits per heavy atom. The number of amides is 1. The molecule has 2 N–H and O–H groups in total. The van der Waals surface area contributed by atoms with Crippen LogP contribution < -0.4 is 10.6 Å². The summed E-state index contributed by atoms with van der Waals surface area (Å²) in [6.07, 6.45) is 0. The van der Waals surface area contributed by atoms with Crippen LogP contribution in [0, 0.1) is 0 Å².